The third kappa shape index (κ3) is 7.60. The average molecular weight is 854 g/mol. The molecule has 6 atom stereocenters. The molecule has 0 saturated carbocycles. The summed E-state index contributed by atoms with van der Waals surface area (Å²) < 4.78 is 27.5. The first-order valence-corrected chi connectivity index (χ1v) is 9.21. The molecule has 0 aliphatic carbocycles. The Bertz CT molecular complexity index is 604. The smallest absolute Gasteiger partial charge is 0.335 e. The van der Waals surface area contributed by atoms with Gasteiger partial charge in [-0.25, -0.2) is 4.79 Å². The van der Waals surface area contributed by atoms with Crippen molar-refractivity contribution < 1.29 is 95.8 Å². The van der Waals surface area contributed by atoms with Gasteiger partial charge in [-0.05, 0) is 30.6 Å². The molecule has 1 N–H and O–H groups in total. The van der Waals surface area contributed by atoms with Gasteiger partial charge >= 0.3 is 5.97 Å². The molecule has 2 unspecified atom stereocenters. The van der Waals surface area contributed by atoms with Gasteiger partial charge in [0.1, 0.15) is 6.79 Å². The molecule has 2 heterocycles. The summed E-state index contributed by atoms with van der Waals surface area (Å²) in [7, 11) is 0. The van der Waals surface area contributed by atoms with Crippen LogP contribution >= 0.6 is 0 Å². The third-order valence-corrected chi connectivity index (χ3v) is 4.87. The van der Waals surface area contributed by atoms with Crippen molar-refractivity contribution in [1.29, 1.82) is 0 Å². The zero-order chi connectivity index (χ0) is 19.2. The van der Waals surface area contributed by atoms with E-state index in [-0.39, 0.29) is 93.1 Å². The van der Waals surface area contributed by atoms with Crippen molar-refractivity contribution in [1.82, 2.24) is 0 Å². The van der Waals surface area contributed by atoms with Crippen LogP contribution in [0.25, 0.3) is 0 Å². The molecule has 3 rings (SSSR count). The standard InChI is InChI=1S/C20H26O7.2U/c1-3-16-19(15(21)9-24-16)26-12-23-10-17-13(2)18(11-25-17)27-20(22)14-7-5-4-6-8-14;;/h4-9,11,13,15-19,21H,3,10,12H2,1-2H3;;/q-2;;/t13-,15?,16+,17+,18?,19+;;/m0../s1. The van der Waals surface area contributed by atoms with E-state index in [1.54, 1.807) is 24.3 Å². The second-order valence-electron chi connectivity index (χ2n) is 6.74. The molecule has 0 aromatic heterocycles. The predicted octanol–water partition coefficient (Wildman–Crippen LogP) is 2.10. The number of rotatable bonds is 8. The van der Waals surface area contributed by atoms with Gasteiger partial charge in [0.15, 0.2) is 0 Å². The van der Waals surface area contributed by atoms with Crippen LogP contribution in [0.1, 0.15) is 30.6 Å². The number of esters is 1. The molecule has 1 aromatic rings. The van der Waals surface area contributed by atoms with E-state index in [4.69, 9.17) is 23.7 Å². The van der Waals surface area contributed by atoms with Gasteiger partial charge in [0.25, 0.3) is 0 Å². The van der Waals surface area contributed by atoms with Crippen molar-refractivity contribution in [3.05, 3.63) is 49.1 Å². The van der Waals surface area contributed by atoms with Gasteiger partial charge in [-0.3, -0.25) is 0 Å². The maximum absolute atomic E-state index is 12.2. The van der Waals surface area contributed by atoms with Crippen LogP contribution in [0.4, 0.5) is 0 Å². The number of hydrogen-bond acceptors (Lipinski definition) is 7. The molecule has 2 fully saturated rings. The largest absolute Gasteiger partial charge is 0.545 e. The van der Waals surface area contributed by atoms with Crippen LogP contribution in [0, 0.1) is 81.4 Å². The summed E-state index contributed by atoms with van der Waals surface area (Å²) in [6, 6.07) is 8.85. The fourth-order valence-corrected chi connectivity index (χ4v) is 3.11. The summed E-state index contributed by atoms with van der Waals surface area (Å²) in [5.74, 6) is -0.427. The summed E-state index contributed by atoms with van der Waals surface area (Å²) in [4.78, 5) is 12.2. The molecule has 158 valence electrons. The number of aliphatic hydroxyl groups excluding tert-OH is 1. The van der Waals surface area contributed by atoms with E-state index >= 15 is 0 Å². The first kappa shape index (κ1) is 27.6. The van der Waals surface area contributed by atoms with Crippen molar-refractivity contribution >= 4 is 5.97 Å². The molecule has 2 aliphatic rings. The molecule has 1 aromatic carbocycles. The molecule has 2 saturated heterocycles. The molecule has 2 aliphatic heterocycles. The van der Waals surface area contributed by atoms with E-state index in [0.717, 1.165) is 6.42 Å². The number of carbonyl (C=O) groups excluding carboxylic acids is 1. The maximum Gasteiger partial charge on any atom is 0.335 e. The molecular formula is C20H26O7U2-2. The SMILES string of the molecule is CC[C@H]1O[CH-]C(O)[C@H]1OCOC[C@H]1O[CH-]C(OC(=O)c2ccccc2)[C@H]1C.[U].[U]. The van der Waals surface area contributed by atoms with Gasteiger partial charge in [-0.2, -0.15) is 13.2 Å². The topological polar surface area (TPSA) is 83.5 Å². The molecular weight excluding hydrogens is 828 g/mol. The van der Waals surface area contributed by atoms with E-state index in [0.29, 0.717) is 12.2 Å². The van der Waals surface area contributed by atoms with Crippen molar-refractivity contribution in [2.24, 2.45) is 5.92 Å². The first-order valence-electron chi connectivity index (χ1n) is 9.21. The van der Waals surface area contributed by atoms with Gasteiger partial charge < -0.3 is 28.8 Å². The number of carbonyl (C=O) groups is 1. The zero-order valence-corrected chi connectivity index (χ0v) is 24.9. The number of ether oxygens (including phenoxy) is 5. The number of aliphatic hydroxyl groups is 1. The minimum absolute atomic E-state index is 0. The molecule has 0 amide bonds. The predicted molar refractivity (Wildman–Crippen MR) is 95.1 cm³/mol. The van der Waals surface area contributed by atoms with Crippen LogP contribution in [0.2, 0.25) is 0 Å². The van der Waals surface area contributed by atoms with Crippen LogP contribution in [0.3, 0.4) is 0 Å². The Morgan fingerprint density at radius 1 is 1.14 bits per heavy atom. The Labute approximate surface area is 219 Å². The van der Waals surface area contributed by atoms with Gasteiger partial charge in [0.05, 0.1) is 24.4 Å². The van der Waals surface area contributed by atoms with Crippen LogP contribution < -0.4 is 0 Å². The van der Waals surface area contributed by atoms with Crippen LogP contribution in [0.5, 0.6) is 0 Å². The Kier molecular flexibility index (Phi) is 13.2. The fourth-order valence-electron chi connectivity index (χ4n) is 3.11. The van der Waals surface area contributed by atoms with Crippen molar-refractivity contribution in [3.63, 3.8) is 0 Å². The van der Waals surface area contributed by atoms with E-state index in [1.165, 1.54) is 13.2 Å². The van der Waals surface area contributed by atoms with Gasteiger partial charge in [0.2, 0.25) is 0 Å². The first-order chi connectivity index (χ1) is 13.1. The van der Waals surface area contributed by atoms with Crippen LogP contribution in [0.15, 0.2) is 30.3 Å². The maximum atomic E-state index is 12.2. The number of benzene rings is 1. The molecule has 7 nitrogen and oxygen atoms in total. The van der Waals surface area contributed by atoms with Crippen molar-refractivity contribution in [2.45, 2.75) is 50.8 Å². The van der Waals surface area contributed by atoms with E-state index in [2.05, 4.69) is 0 Å². The second kappa shape index (κ2) is 13.9. The quantitative estimate of drug-likeness (QED) is 0.186. The van der Waals surface area contributed by atoms with Crippen LogP contribution in [-0.4, -0.2) is 55.0 Å². The number of hydrogen-bond donors (Lipinski definition) is 1. The van der Waals surface area contributed by atoms with Gasteiger partial charge in [-0.1, -0.05) is 32.0 Å². The zero-order valence-electron chi connectivity index (χ0n) is 16.5. The Morgan fingerprint density at radius 2 is 1.83 bits per heavy atom. The van der Waals surface area contributed by atoms with Crippen molar-refractivity contribution in [2.75, 3.05) is 13.4 Å². The summed E-state index contributed by atoms with van der Waals surface area (Å²) in [6.07, 6.45) is -1.28. The fraction of sp³-hybridized carbons (Fsp3) is 0.550. The summed E-state index contributed by atoms with van der Waals surface area (Å²) >= 11 is 0. The normalized spacial score (nSPS) is 31.0. The van der Waals surface area contributed by atoms with E-state index in [1.807, 2.05) is 19.9 Å². The molecule has 0 bridgehead atoms. The van der Waals surface area contributed by atoms with Crippen molar-refractivity contribution in [3.8, 4) is 0 Å². The van der Waals surface area contributed by atoms with E-state index < -0.39 is 18.3 Å². The second-order valence-corrected chi connectivity index (χ2v) is 6.74. The third-order valence-electron chi connectivity index (χ3n) is 4.87. The Balaban J connectivity index is 0.00000210. The molecule has 0 radical (unpaired) electrons. The Hall–Kier alpha value is 0.594. The van der Waals surface area contributed by atoms with Crippen LogP contribution in [-0.2, 0) is 23.7 Å². The minimum Gasteiger partial charge on any atom is -0.545 e. The summed E-state index contributed by atoms with van der Waals surface area (Å²) in [6.45, 7) is 7.16. The summed E-state index contributed by atoms with van der Waals surface area (Å²) in [5, 5.41) is 9.82. The monoisotopic (exact) mass is 854 g/mol. The minimum atomic E-state index is -0.754. The summed E-state index contributed by atoms with van der Waals surface area (Å²) in [5.41, 5.74) is 0.505. The molecule has 9 heteroatoms. The molecule has 0 spiro atoms. The average Bonchev–Trinajstić information content (AvgIpc) is 3.22. The Morgan fingerprint density at radius 3 is 2.52 bits per heavy atom. The van der Waals surface area contributed by atoms with Gasteiger partial charge in [-0.15, -0.1) is 0 Å². The van der Waals surface area contributed by atoms with Gasteiger partial charge in [0, 0.05) is 74.4 Å². The van der Waals surface area contributed by atoms with E-state index in [9.17, 15) is 9.90 Å². The molecule has 29 heavy (non-hydrogen) atoms.